The molecule has 0 atom stereocenters. The molecule has 0 aromatic heterocycles. The second-order valence-electron chi connectivity index (χ2n) is 2.88. The van der Waals surface area contributed by atoms with Crippen molar-refractivity contribution in [2.24, 2.45) is 0 Å². The van der Waals surface area contributed by atoms with E-state index < -0.39 is 0 Å². The highest BCUT2D eigenvalue weighted by molar-refractivity contribution is 6.17. The summed E-state index contributed by atoms with van der Waals surface area (Å²) in [5, 5.41) is 8.57. The predicted octanol–water partition coefficient (Wildman–Crippen LogP) is 2.96. The van der Waals surface area contributed by atoms with Crippen LogP contribution in [0.4, 0.5) is 0 Å². The van der Waals surface area contributed by atoms with E-state index in [1.807, 2.05) is 0 Å². The van der Waals surface area contributed by atoms with Crippen LogP contribution in [0.5, 0.6) is 5.75 Å². The zero-order valence-electron chi connectivity index (χ0n) is 7.87. The molecule has 0 amide bonds. The lowest BCUT2D eigenvalue weighted by Gasteiger charge is -2.04. The second kappa shape index (κ2) is 6.28. The average Bonchev–Trinajstić information content (AvgIpc) is 2.25. The molecule has 0 aliphatic rings. The molecule has 0 unspecified atom stereocenters. The Morgan fingerprint density at radius 3 is 2.50 bits per heavy atom. The van der Waals surface area contributed by atoms with Crippen molar-refractivity contribution in [2.75, 3.05) is 12.5 Å². The lowest BCUT2D eigenvalue weighted by atomic mass is 10.2. The van der Waals surface area contributed by atoms with Crippen LogP contribution in [0.1, 0.15) is 18.4 Å². The van der Waals surface area contributed by atoms with Gasteiger partial charge in [0.25, 0.3) is 0 Å². The molecule has 0 radical (unpaired) electrons. The van der Waals surface area contributed by atoms with Crippen molar-refractivity contribution in [3.05, 3.63) is 29.8 Å². The van der Waals surface area contributed by atoms with Gasteiger partial charge in [-0.3, -0.25) is 0 Å². The van der Waals surface area contributed by atoms with Gasteiger partial charge >= 0.3 is 0 Å². The standard InChI is InChI=1S/C11H12ClNO/c12-7-1-2-8-14-11-5-3-10(9-13)4-6-11/h3-6H,1-2,7-8H2. The van der Waals surface area contributed by atoms with E-state index in [0.29, 0.717) is 18.1 Å². The van der Waals surface area contributed by atoms with Crippen molar-refractivity contribution >= 4 is 11.6 Å². The Labute approximate surface area is 89.1 Å². The van der Waals surface area contributed by atoms with Gasteiger partial charge in [-0.05, 0) is 37.1 Å². The number of nitrogens with zero attached hydrogens (tertiary/aromatic N) is 1. The first kappa shape index (κ1) is 10.9. The van der Waals surface area contributed by atoms with Gasteiger partial charge in [-0.2, -0.15) is 5.26 Å². The molecule has 1 rings (SSSR count). The van der Waals surface area contributed by atoms with Crippen LogP contribution < -0.4 is 4.74 Å². The minimum absolute atomic E-state index is 0.651. The van der Waals surface area contributed by atoms with Crippen LogP contribution in [0.3, 0.4) is 0 Å². The Bertz CT molecular complexity index is 302. The molecule has 0 aliphatic heterocycles. The SMILES string of the molecule is N#Cc1ccc(OCCCCCl)cc1. The largest absolute Gasteiger partial charge is 0.494 e. The summed E-state index contributed by atoms with van der Waals surface area (Å²) in [6, 6.07) is 9.16. The van der Waals surface area contributed by atoms with Gasteiger partial charge in [-0.25, -0.2) is 0 Å². The molecule has 2 nitrogen and oxygen atoms in total. The third-order valence-corrected chi connectivity index (χ3v) is 2.05. The molecule has 3 heteroatoms. The van der Waals surface area contributed by atoms with E-state index in [1.165, 1.54) is 0 Å². The van der Waals surface area contributed by atoms with Gasteiger partial charge in [0.15, 0.2) is 0 Å². The van der Waals surface area contributed by atoms with Crippen LogP contribution in [0.25, 0.3) is 0 Å². The summed E-state index contributed by atoms with van der Waals surface area (Å²) < 4.78 is 5.44. The lowest BCUT2D eigenvalue weighted by Crippen LogP contribution is -1.97. The van der Waals surface area contributed by atoms with E-state index in [4.69, 9.17) is 21.6 Å². The molecule has 0 saturated heterocycles. The summed E-state index contributed by atoms with van der Waals surface area (Å²) in [4.78, 5) is 0. The quantitative estimate of drug-likeness (QED) is 0.552. The Morgan fingerprint density at radius 2 is 1.93 bits per heavy atom. The predicted molar refractivity (Wildman–Crippen MR) is 56.6 cm³/mol. The number of halogens is 1. The maximum Gasteiger partial charge on any atom is 0.119 e. The number of unbranched alkanes of at least 4 members (excludes halogenated alkanes) is 1. The lowest BCUT2D eigenvalue weighted by molar-refractivity contribution is 0.309. The Balaban J connectivity index is 2.33. The van der Waals surface area contributed by atoms with Crippen molar-refractivity contribution in [1.29, 1.82) is 5.26 Å². The van der Waals surface area contributed by atoms with E-state index >= 15 is 0 Å². The first-order valence-corrected chi connectivity index (χ1v) is 5.09. The first-order valence-electron chi connectivity index (χ1n) is 4.56. The number of hydrogen-bond donors (Lipinski definition) is 0. The van der Waals surface area contributed by atoms with Crippen LogP contribution >= 0.6 is 11.6 Å². The summed E-state index contributed by atoms with van der Waals surface area (Å²) in [5.41, 5.74) is 0.651. The second-order valence-corrected chi connectivity index (χ2v) is 3.26. The number of rotatable bonds is 5. The van der Waals surface area contributed by atoms with E-state index in [1.54, 1.807) is 24.3 Å². The number of benzene rings is 1. The molecule has 0 fully saturated rings. The van der Waals surface area contributed by atoms with Crippen molar-refractivity contribution < 1.29 is 4.74 Å². The summed E-state index contributed by atoms with van der Waals surface area (Å²) in [7, 11) is 0. The third kappa shape index (κ3) is 3.68. The van der Waals surface area contributed by atoms with Gasteiger partial charge in [0.05, 0.1) is 18.2 Å². The molecule has 1 aromatic carbocycles. The third-order valence-electron chi connectivity index (χ3n) is 1.78. The normalized spacial score (nSPS) is 9.43. The molecule has 0 aliphatic carbocycles. The van der Waals surface area contributed by atoms with Crippen LogP contribution in [-0.4, -0.2) is 12.5 Å². The van der Waals surface area contributed by atoms with Crippen molar-refractivity contribution in [3.63, 3.8) is 0 Å². The fraction of sp³-hybridized carbons (Fsp3) is 0.364. The summed E-state index contributed by atoms with van der Waals surface area (Å²) >= 11 is 5.53. The molecule has 0 N–H and O–H groups in total. The van der Waals surface area contributed by atoms with E-state index in [-0.39, 0.29) is 0 Å². The Morgan fingerprint density at radius 1 is 1.21 bits per heavy atom. The van der Waals surface area contributed by atoms with E-state index in [2.05, 4.69) is 6.07 Å². The number of alkyl halides is 1. The van der Waals surface area contributed by atoms with Crippen molar-refractivity contribution in [3.8, 4) is 11.8 Å². The summed E-state index contributed by atoms with van der Waals surface area (Å²) in [6.45, 7) is 0.679. The van der Waals surface area contributed by atoms with Gasteiger partial charge in [-0.15, -0.1) is 11.6 Å². The molecular weight excluding hydrogens is 198 g/mol. The summed E-state index contributed by atoms with van der Waals surface area (Å²) in [6.07, 6.45) is 1.93. The minimum Gasteiger partial charge on any atom is -0.494 e. The molecule has 14 heavy (non-hydrogen) atoms. The van der Waals surface area contributed by atoms with Gasteiger partial charge < -0.3 is 4.74 Å². The van der Waals surface area contributed by atoms with Gasteiger partial charge in [0.1, 0.15) is 5.75 Å². The zero-order valence-corrected chi connectivity index (χ0v) is 8.63. The van der Waals surface area contributed by atoms with E-state index in [0.717, 1.165) is 18.6 Å². The van der Waals surface area contributed by atoms with Gasteiger partial charge in [0, 0.05) is 5.88 Å². The number of ether oxygens (including phenoxy) is 1. The topological polar surface area (TPSA) is 33.0 Å². The first-order chi connectivity index (χ1) is 6.86. The molecule has 0 saturated carbocycles. The molecule has 74 valence electrons. The number of nitriles is 1. The average molecular weight is 210 g/mol. The highest BCUT2D eigenvalue weighted by atomic mass is 35.5. The summed E-state index contributed by atoms with van der Waals surface area (Å²) in [5.74, 6) is 1.48. The molecule has 0 heterocycles. The highest BCUT2D eigenvalue weighted by Gasteiger charge is 1.94. The fourth-order valence-corrected chi connectivity index (χ4v) is 1.20. The molecule has 1 aromatic rings. The van der Waals surface area contributed by atoms with Crippen molar-refractivity contribution in [2.45, 2.75) is 12.8 Å². The minimum atomic E-state index is 0.651. The smallest absolute Gasteiger partial charge is 0.119 e. The van der Waals surface area contributed by atoms with E-state index in [9.17, 15) is 0 Å². The Kier molecular flexibility index (Phi) is 4.88. The monoisotopic (exact) mass is 209 g/mol. The van der Waals surface area contributed by atoms with Crippen LogP contribution in [0.2, 0.25) is 0 Å². The fourth-order valence-electron chi connectivity index (χ4n) is 1.01. The van der Waals surface area contributed by atoms with Gasteiger partial charge in [0.2, 0.25) is 0 Å². The maximum atomic E-state index is 8.57. The van der Waals surface area contributed by atoms with Crippen LogP contribution in [0.15, 0.2) is 24.3 Å². The molecule has 0 bridgehead atoms. The van der Waals surface area contributed by atoms with Crippen LogP contribution in [0, 0.1) is 11.3 Å². The van der Waals surface area contributed by atoms with Crippen LogP contribution in [-0.2, 0) is 0 Å². The van der Waals surface area contributed by atoms with Gasteiger partial charge in [-0.1, -0.05) is 0 Å². The highest BCUT2D eigenvalue weighted by Crippen LogP contribution is 2.11. The van der Waals surface area contributed by atoms with Crippen molar-refractivity contribution in [1.82, 2.24) is 0 Å². The Hall–Kier alpha value is -1.20. The molecular formula is C11H12ClNO. The maximum absolute atomic E-state index is 8.57. The molecule has 0 spiro atoms. The zero-order chi connectivity index (χ0) is 10.2. The number of hydrogen-bond acceptors (Lipinski definition) is 2.